The maximum absolute atomic E-state index is 12.1. The first-order valence-corrected chi connectivity index (χ1v) is 8.73. The molecule has 1 aromatic heterocycles. The Morgan fingerprint density at radius 3 is 2.27 bits per heavy atom. The van der Waals surface area contributed by atoms with E-state index in [1.165, 1.54) is 0 Å². The van der Waals surface area contributed by atoms with Crippen LogP contribution in [0.1, 0.15) is 17.2 Å². The Bertz CT molecular complexity index is 1120. The van der Waals surface area contributed by atoms with Crippen LogP contribution < -0.4 is 11.3 Å². The molecule has 128 valence electrons. The molecule has 4 heteroatoms. The molecule has 0 radical (unpaired) electrons. The van der Waals surface area contributed by atoms with Crippen LogP contribution in [0.25, 0.3) is 22.0 Å². The van der Waals surface area contributed by atoms with Gasteiger partial charge in [0.2, 0.25) is 5.56 Å². The number of fused-ring (bicyclic) bond motifs is 1. The molecule has 0 aliphatic heterocycles. The van der Waals surface area contributed by atoms with Gasteiger partial charge in [-0.05, 0) is 46.5 Å². The first-order valence-electron chi connectivity index (χ1n) is 8.35. The summed E-state index contributed by atoms with van der Waals surface area (Å²) in [5.41, 5.74) is 11.0. The van der Waals surface area contributed by atoms with Crippen LogP contribution in [0.2, 0.25) is 5.02 Å². The van der Waals surface area contributed by atoms with Crippen LogP contribution >= 0.6 is 11.6 Å². The van der Waals surface area contributed by atoms with Crippen LogP contribution in [0, 0.1) is 0 Å². The lowest BCUT2D eigenvalue weighted by molar-refractivity contribution is 0.873. The maximum atomic E-state index is 12.1. The minimum absolute atomic E-state index is 0.119. The number of nitrogens with two attached hydrogens (primary N) is 1. The van der Waals surface area contributed by atoms with Crippen molar-refractivity contribution in [3.8, 4) is 11.1 Å². The van der Waals surface area contributed by atoms with Gasteiger partial charge >= 0.3 is 0 Å². The summed E-state index contributed by atoms with van der Waals surface area (Å²) in [4.78, 5) is 15.0. The quantitative estimate of drug-likeness (QED) is 0.546. The van der Waals surface area contributed by atoms with Gasteiger partial charge in [-0.2, -0.15) is 0 Å². The Morgan fingerprint density at radius 1 is 0.846 bits per heavy atom. The number of benzene rings is 3. The molecule has 1 atom stereocenters. The Kier molecular flexibility index (Phi) is 4.33. The van der Waals surface area contributed by atoms with Crippen LogP contribution in [0.4, 0.5) is 0 Å². The number of pyridine rings is 1. The molecule has 1 unspecified atom stereocenters. The number of nitrogens with one attached hydrogen (secondary N) is 1. The minimum atomic E-state index is -0.271. The number of halogens is 1. The van der Waals surface area contributed by atoms with E-state index in [9.17, 15) is 4.79 Å². The smallest absolute Gasteiger partial charge is 0.249 e. The molecular weight excluding hydrogens is 344 g/mol. The highest BCUT2D eigenvalue weighted by Crippen LogP contribution is 2.30. The summed E-state index contributed by atoms with van der Waals surface area (Å²) in [7, 11) is 0. The zero-order valence-corrected chi connectivity index (χ0v) is 14.7. The van der Waals surface area contributed by atoms with Crippen LogP contribution in [-0.2, 0) is 0 Å². The fourth-order valence-corrected chi connectivity index (χ4v) is 3.31. The third-order valence-electron chi connectivity index (χ3n) is 4.54. The Morgan fingerprint density at radius 2 is 1.54 bits per heavy atom. The van der Waals surface area contributed by atoms with Gasteiger partial charge in [-0.25, -0.2) is 0 Å². The molecule has 4 aromatic rings. The van der Waals surface area contributed by atoms with E-state index < -0.39 is 0 Å². The standard InChI is InChI=1S/C22H17ClN2O/c23-17-9-6-15(7-10-17)22(24)16-8-11-20-19(12-16)18(13-21(26)25-20)14-4-2-1-3-5-14/h1-13,22H,24H2,(H,25,26). The van der Waals surface area contributed by atoms with Crippen molar-refractivity contribution in [2.45, 2.75) is 6.04 Å². The molecule has 0 amide bonds. The van der Waals surface area contributed by atoms with Crippen molar-refractivity contribution in [2.24, 2.45) is 5.73 Å². The molecule has 0 saturated carbocycles. The zero-order chi connectivity index (χ0) is 18.1. The summed E-state index contributed by atoms with van der Waals surface area (Å²) in [5.74, 6) is 0. The van der Waals surface area contributed by atoms with Crippen molar-refractivity contribution in [2.75, 3.05) is 0 Å². The van der Waals surface area contributed by atoms with Crippen molar-refractivity contribution in [3.63, 3.8) is 0 Å². The fourth-order valence-electron chi connectivity index (χ4n) is 3.18. The lowest BCUT2D eigenvalue weighted by atomic mass is 9.95. The molecule has 0 bridgehead atoms. The number of hydrogen-bond donors (Lipinski definition) is 2. The van der Waals surface area contributed by atoms with Crippen LogP contribution in [-0.4, -0.2) is 4.98 Å². The first-order chi connectivity index (χ1) is 12.6. The molecule has 26 heavy (non-hydrogen) atoms. The normalized spacial score (nSPS) is 12.2. The second-order valence-corrected chi connectivity index (χ2v) is 6.68. The Labute approximate surface area is 156 Å². The minimum Gasteiger partial charge on any atom is -0.322 e. The molecular formula is C22H17ClN2O. The molecule has 4 rings (SSSR count). The number of rotatable bonds is 3. The van der Waals surface area contributed by atoms with E-state index in [1.54, 1.807) is 6.07 Å². The molecule has 0 fully saturated rings. The summed E-state index contributed by atoms with van der Waals surface area (Å²) in [6.07, 6.45) is 0. The lowest BCUT2D eigenvalue weighted by Gasteiger charge is -2.15. The van der Waals surface area contributed by atoms with E-state index in [2.05, 4.69) is 4.98 Å². The second-order valence-electron chi connectivity index (χ2n) is 6.25. The maximum Gasteiger partial charge on any atom is 0.249 e. The van der Waals surface area contributed by atoms with Gasteiger partial charge in [0.05, 0.1) is 6.04 Å². The summed E-state index contributed by atoms with van der Waals surface area (Å²) in [6.45, 7) is 0. The van der Waals surface area contributed by atoms with Gasteiger partial charge in [0.25, 0.3) is 0 Å². The van der Waals surface area contributed by atoms with Gasteiger partial charge in [-0.1, -0.05) is 60.1 Å². The van der Waals surface area contributed by atoms with Crippen molar-refractivity contribution in [1.29, 1.82) is 0 Å². The molecule has 0 aliphatic rings. The number of H-pyrrole nitrogens is 1. The van der Waals surface area contributed by atoms with Gasteiger partial charge in [0.15, 0.2) is 0 Å². The van der Waals surface area contributed by atoms with Crippen molar-refractivity contribution < 1.29 is 0 Å². The predicted octanol–water partition coefficient (Wildman–Crippen LogP) is 4.90. The number of aromatic amines is 1. The summed E-state index contributed by atoms with van der Waals surface area (Å²) < 4.78 is 0. The Balaban J connectivity index is 1.87. The average Bonchev–Trinajstić information content (AvgIpc) is 2.68. The molecule has 0 saturated heterocycles. The van der Waals surface area contributed by atoms with Gasteiger partial charge in [-0.15, -0.1) is 0 Å². The van der Waals surface area contributed by atoms with E-state index in [0.29, 0.717) is 5.02 Å². The largest absolute Gasteiger partial charge is 0.322 e. The van der Waals surface area contributed by atoms with Crippen LogP contribution in [0.3, 0.4) is 0 Å². The number of aromatic nitrogens is 1. The molecule has 3 aromatic carbocycles. The fraction of sp³-hybridized carbons (Fsp3) is 0.0455. The second kappa shape index (κ2) is 6.79. The van der Waals surface area contributed by atoms with E-state index in [1.807, 2.05) is 72.8 Å². The molecule has 3 N–H and O–H groups in total. The zero-order valence-electron chi connectivity index (χ0n) is 13.9. The lowest BCUT2D eigenvalue weighted by Crippen LogP contribution is -2.12. The van der Waals surface area contributed by atoms with Crippen LogP contribution in [0.15, 0.2) is 83.7 Å². The third-order valence-corrected chi connectivity index (χ3v) is 4.79. The predicted molar refractivity (Wildman–Crippen MR) is 107 cm³/mol. The number of hydrogen-bond acceptors (Lipinski definition) is 2. The van der Waals surface area contributed by atoms with Gasteiger partial charge in [0, 0.05) is 22.0 Å². The highest BCUT2D eigenvalue weighted by atomic mass is 35.5. The molecule has 1 heterocycles. The summed E-state index contributed by atoms with van der Waals surface area (Å²) >= 11 is 5.97. The summed E-state index contributed by atoms with van der Waals surface area (Å²) in [5, 5.41) is 1.65. The van der Waals surface area contributed by atoms with E-state index in [4.69, 9.17) is 17.3 Å². The SMILES string of the molecule is NC(c1ccc(Cl)cc1)c1ccc2[nH]c(=O)cc(-c3ccccc3)c2c1. The molecule has 0 aliphatic carbocycles. The van der Waals surface area contributed by atoms with E-state index in [0.717, 1.165) is 33.2 Å². The highest BCUT2D eigenvalue weighted by Gasteiger charge is 2.12. The van der Waals surface area contributed by atoms with E-state index in [-0.39, 0.29) is 11.6 Å². The van der Waals surface area contributed by atoms with Gasteiger partial charge in [0.1, 0.15) is 0 Å². The van der Waals surface area contributed by atoms with Gasteiger partial charge in [-0.3, -0.25) is 4.79 Å². The van der Waals surface area contributed by atoms with Crippen LogP contribution in [0.5, 0.6) is 0 Å². The molecule has 0 spiro atoms. The summed E-state index contributed by atoms with van der Waals surface area (Å²) in [6, 6.07) is 24.7. The van der Waals surface area contributed by atoms with Crippen molar-refractivity contribution in [1.82, 2.24) is 4.98 Å². The monoisotopic (exact) mass is 360 g/mol. The molecule has 3 nitrogen and oxygen atoms in total. The van der Waals surface area contributed by atoms with E-state index >= 15 is 0 Å². The van der Waals surface area contributed by atoms with Gasteiger partial charge < -0.3 is 10.7 Å². The highest BCUT2D eigenvalue weighted by molar-refractivity contribution is 6.30. The topological polar surface area (TPSA) is 58.9 Å². The average molecular weight is 361 g/mol. The van der Waals surface area contributed by atoms with Crippen molar-refractivity contribution >= 4 is 22.5 Å². The first kappa shape index (κ1) is 16.6. The van der Waals surface area contributed by atoms with Crippen molar-refractivity contribution in [3.05, 3.63) is 105 Å². The third kappa shape index (κ3) is 3.15. The Hall–Kier alpha value is -2.88.